The molecular weight excluding hydrogens is 146 g/mol. The largest absolute Gasteiger partial charge is 0.361 e. The van der Waals surface area contributed by atoms with Gasteiger partial charge >= 0.3 is 0 Å². The van der Waals surface area contributed by atoms with Crippen LogP contribution in [-0.2, 0) is 0 Å². The van der Waals surface area contributed by atoms with E-state index in [0.717, 1.165) is 0 Å². The fourth-order valence-corrected chi connectivity index (χ4v) is 1.30. The topological polar surface area (TPSA) is 12.0 Å². The first-order chi connectivity index (χ1) is 5.86. The highest BCUT2D eigenvalue weighted by Crippen LogP contribution is 2.16. The number of allylic oxidation sites excluding steroid dienone is 8. The zero-order valence-corrected chi connectivity index (χ0v) is 7.04. The lowest BCUT2D eigenvalue weighted by Crippen LogP contribution is -2.08. The molecule has 1 heterocycles. The molecule has 2 aliphatic rings. The number of dihydropyridines is 1. The van der Waals surface area contributed by atoms with Crippen molar-refractivity contribution in [3.8, 4) is 0 Å². The quantitative estimate of drug-likeness (QED) is 0.569. The molecule has 0 saturated carbocycles. The van der Waals surface area contributed by atoms with Crippen LogP contribution in [-0.4, -0.2) is 0 Å². The van der Waals surface area contributed by atoms with Crippen LogP contribution in [0.15, 0.2) is 59.5 Å². The summed E-state index contributed by atoms with van der Waals surface area (Å²) in [6, 6.07) is 0. The Morgan fingerprint density at radius 1 is 1.08 bits per heavy atom. The first-order valence-electron chi connectivity index (χ1n) is 4.07. The molecule has 1 heteroatoms. The summed E-state index contributed by atoms with van der Waals surface area (Å²) >= 11 is 0. The Morgan fingerprint density at radius 3 is 2.50 bits per heavy atom. The predicted molar refractivity (Wildman–Crippen MR) is 51.3 cm³/mol. The van der Waals surface area contributed by atoms with Crippen molar-refractivity contribution in [1.82, 2.24) is 5.32 Å². The fourth-order valence-electron chi connectivity index (χ4n) is 1.30. The summed E-state index contributed by atoms with van der Waals surface area (Å²) in [5, 5.41) is 3.21. The van der Waals surface area contributed by atoms with Crippen molar-refractivity contribution in [3.05, 3.63) is 59.5 Å². The van der Waals surface area contributed by atoms with Gasteiger partial charge in [-0.05, 0) is 30.2 Å². The van der Waals surface area contributed by atoms with Gasteiger partial charge in [0.05, 0.1) is 0 Å². The zero-order valence-electron chi connectivity index (χ0n) is 7.04. The van der Waals surface area contributed by atoms with Crippen LogP contribution in [0.3, 0.4) is 0 Å². The Balaban J connectivity index is 2.37. The van der Waals surface area contributed by atoms with Crippen molar-refractivity contribution in [2.24, 2.45) is 0 Å². The minimum Gasteiger partial charge on any atom is -0.361 e. The molecule has 0 saturated heterocycles. The third-order valence-electron chi connectivity index (χ3n) is 1.93. The Hall–Kier alpha value is -1.50. The number of rotatable bonds is 0. The van der Waals surface area contributed by atoms with E-state index < -0.39 is 0 Å². The lowest BCUT2D eigenvalue weighted by molar-refractivity contribution is 1.07. The Labute approximate surface area is 72.5 Å². The third kappa shape index (κ3) is 1.26. The zero-order chi connectivity index (χ0) is 8.39. The number of nitrogens with one attached hydrogen (secondary N) is 1. The minimum absolute atomic E-state index is 1.18. The maximum atomic E-state index is 3.21. The predicted octanol–water partition coefficient (Wildman–Crippen LogP) is 2.43. The van der Waals surface area contributed by atoms with Crippen LogP contribution in [0.2, 0.25) is 0 Å². The summed E-state index contributed by atoms with van der Waals surface area (Å²) in [7, 11) is 0. The minimum atomic E-state index is 1.18. The van der Waals surface area contributed by atoms with E-state index in [9.17, 15) is 0 Å². The highest BCUT2D eigenvalue weighted by atomic mass is 14.9. The van der Waals surface area contributed by atoms with Crippen LogP contribution in [0.25, 0.3) is 0 Å². The average molecular weight is 157 g/mol. The van der Waals surface area contributed by atoms with Crippen LogP contribution in [0.4, 0.5) is 0 Å². The van der Waals surface area contributed by atoms with Gasteiger partial charge in [0.1, 0.15) is 0 Å². The van der Waals surface area contributed by atoms with Gasteiger partial charge in [-0.2, -0.15) is 0 Å². The second-order valence-corrected chi connectivity index (χ2v) is 2.95. The van der Waals surface area contributed by atoms with E-state index in [0.29, 0.717) is 0 Å². The van der Waals surface area contributed by atoms with Gasteiger partial charge in [-0.15, -0.1) is 0 Å². The number of hydrogen-bond acceptors (Lipinski definition) is 1. The molecule has 0 bridgehead atoms. The summed E-state index contributed by atoms with van der Waals surface area (Å²) in [6.07, 6.45) is 14.5. The number of hydrogen-bond donors (Lipinski definition) is 1. The molecule has 1 aliphatic carbocycles. The molecule has 0 aromatic carbocycles. The molecule has 0 aromatic rings. The van der Waals surface area contributed by atoms with Crippen molar-refractivity contribution in [2.75, 3.05) is 0 Å². The molecule has 0 aromatic heterocycles. The van der Waals surface area contributed by atoms with Gasteiger partial charge in [-0.3, -0.25) is 0 Å². The molecule has 0 fully saturated rings. The smallest absolute Gasteiger partial charge is 0.0456 e. The maximum Gasteiger partial charge on any atom is 0.0456 e. The van der Waals surface area contributed by atoms with Crippen LogP contribution in [0.1, 0.15) is 6.92 Å². The Morgan fingerprint density at radius 2 is 1.83 bits per heavy atom. The lowest BCUT2D eigenvalue weighted by Gasteiger charge is -2.10. The molecule has 0 unspecified atom stereocenters. The summed E-state index contributed by atoms with van der Waals surface area (Å²) in [6.45, 7) is 2.10. The summed E-state index contributed by atoms with van der Waals surface area (Å²) in [5.74, 6) is 0. The fraction of sp³-hybridized carbons (Fsp3) is 0.0909. The monoisotopic (exact) mass is 157 g/mol. The molecule has 0 amide bonds. The Kier molecular flexibility index (Phi) is 1.71. The van der Waals surface area contributed by atoms with Crippen LogP contribution in [0, 0.1) is 0 Å². The second kappa shape index (κ2) is 2.86. The van der Waals surface area contributed by atoms with E-state index in [1.807, 2.05) is 18.4 Å². The standard InChI is InChI=1S/C11H11N/c1-9-6-7-12-11(8-9)10-4-2-3-5-10/h2-8,12H,1H3. The van der Waals surface area contributed by atoms with Gasteiger partial charge in [-0.1, -0.05) is 24.3 Å². The van der Waals surface area contributed by atoms with E-state index in [4.69, 9.17) is 0 Å². The first-order valence-corrected chi connectivity index (χ1v) is 4.07. The second-order valence-electron chi connectivity index (χ2n) is 2.95. The normalized spacial score (nSPS) is 19.9. The third-order valence-corrected chi connectivity index (χ3v) is 1.93. The summed E-state index contributed by atoms with van der Waals surface area (Å²) < 4.78 is 0. The molecule has 12 heavy (non-hydrogen) atoms. The van der Waals surface area contributed by atoms with Crippen LogP contribution in [0.5, 0.6) is 0 Å². The van der Waals surface area contributed by atoms with Gasteiger partial charge in [0.2, 0.25) is 0 Å². The SMILES string of the molecule is CC1=CC(=C2C=CC=C2)NC=C1. The van der Waals surface area contributed by atoms with Crippen molar-refractivity contribution in [3.63, 3.8) is 0 Å². The summed E-state index contributed by atoms with van der Waals surface area (Å²) in [5.41, 5.74) is 3.71. The van der Waals surface area contributed by atoms with Gasteiger partial charge in [-0.25, -0.2) is 0 Å². The van der Waals surface area contributed by atoms with Crippen molar-refractivity contribution < 1.29 is 0 Å². The van der Waals surface area contributed by atoms with Gasteiger partial charge in [0.15, 0.2) is 0 Å². The van der Waals surface area contributed by atoms with E-state index in [-0.39, 0.29) is 0 Å². The maximum absolute atomic E-state index is 3.21. The molecule has 0 radical (unpaired) electrons. The Bertz CT molecular complexity index is 324. The molecule has 0 spiro atoms. The highest BCUT2D eigenvalue weighted by Gasteiger charge is 2.02. The average Bonchev–Trinajstić information content (AvgIpc) is 2.56. The van der Waals surface area contributed by atoms with Crippen molar-refractivity contribution in [2.45, 2.75) is 6.92 Å². The summed E-state index contributed by atoms with van der Waals surface area (Å²) in [4.78, 5) is 0. The van der Waals surface area contributed by atoms with E-state index in [2.05, 4.69) is 36.5 Å². The molecule has 1 aliphatic heterocycles. The van der Waals surface area contributed by atoms with Crippen molar-refractivity contribution >= 4 is 0 Å². The molecule has 1 N–H and O–H groups in total. The lowest BCUT2D eigenvalue weighted by atomic mass is 10.1. The van der Waals surface area contributed by atoms with Crippen LogP contribution >= 0.6 is 0 Å². The van der Waals surface area contributed by atoms with E-state index in [1.165, 1.54) is 16.8 Å². The van der Waals surface area contributed by atoms with Crippen LogP contribution < -0.4 is 5.32 Å². The molecule has 2 rings (SSSR count). The van der Waals surface area contributed by atoms with Crippen molar-refractivity contribution in [1.29, 1.82) is 0 Å². The van der Waals surface area contributed by atoms with E-state index >= 15 is 0 Å². The molecule has 1 nitrogen and oxygen atoms in total. The molecule has 60 valence electrons. The van der Waals surface area contributed by atoms with Gasteiger partial charge < -0.3 is 5.32 Å². The van der Waals surface area contributed by atoms with Gasteiger partial charge in [0, 0.05) is 11.9 Å². The van der Waals surface area contributed by atoms with E-state index in [1.54, 1.807) is 0 Å². The van der Waals surface area contributed by atoms with Gasteiger partial charge in [0.25, 0.3) is 0 Å². The first kappa shape index (κ1) is 7.17. The molecular formula is C11H11N. The highest BCUT2D eigenvalue weighted by molar-refractivity contribution is 5.49. The molecule has 0 atom stereocenters.